The van der Waals surface area contributed by atoms with Gasteiger partial charge in [0.25, 0.3) is 0 Å². The summed E-state index contributed by atoms with van der Waals surface area (Å²) in [5.41, 5.74) is 0. The molecule has 0 saturated heterocycles. The summed E-state index contributed by atoms with van der Waals surface area (Å²) in [6.07, 6.45) is 22.4. The van der Waals surface area contributed by atoms with Crippen LogP contribution in [0, 0.1) is 35.0 Å². The fourth-order valence-electron chi connectivity index (χ4n) is 4.55. The summed E-state index contributed by atoms with van der Waals surface area (Å²) in [5, 5.41) is 8.97. The molecule has 2 rings (SSSR count). The molecule has 2 aliphatic carbocycles. The Labute approximate surface area is 138 Å². The Bertz CT molecular complexity index is 349. The molecule has 0 bridgehead atoms. The van der Waals surface area contributed by atoms with Crippen molar-refractivity contribution in [3.8, 4) is 6.07 Å². The molecule has 0 atom stereocenters. The van der Waals surface area contributed by atoms with E-state index in [0.717, 1.165) is 17.8 Å². The lowest BCUT2D eigenvalue weighted by Crippen LogP contribution is -2.17. The van der Waals surface area contributed by atoms with E-state index in [0.29, 0.717) is 5.92 Å². The molecule has 0 heterocycles. The molecular formula is C21H35N. The van der Waals surface area contributed by atoms with E-state index in [1.807, 2.05) is 0 Å². The monoisotopic (exact) mass is 301 g/mol. The van der Waals surface area contributed by atoms with Crippen LogP contribution in [-0.4, -0.2) is 0 Å². The first-order valence-electron chi connectivity index (χ1n) is 9.82. The van der Waals surface area contributed by atoms with Crippen LogP contribution in [0.15, 0.2) is 12.2 Å². The van der Waals surface area contributed by atoms with Crippen LogP contribution in [0.25, 0.3) is 0 Å². The van der Waals surface area contributed by atoms with E-state index in [2.05, 4.69) is 25.1 Å². The number of unbranched alkanes of at least 4 members (excludes halogenated alkanes) is 1. The minimum absolute atomic E-state index is 0.370. The normalized spacial score (nSPS) is 32.9. The third-order valence-electron chi connectivity index (χ3n) is 6.20. The zero-order valence-electron chi connectivity index (χ0n) is 14.6. The Morgan fingerprint density at radius 2 is 1.32 bits per heavy atom. The molecule has 0 aromatic carbocycles. The maximum absolute atomic E-state index is 8.97. The second-order valence-electron chi connectivity index (χ2n) is 7.81. The van der Waals surface area contributed by atoms with Crippen LogP contribution < -0.4 is 0 Å². The molecule has 1 heteroatoms. The fourth-order valence-corrected chi connectivity index (χ4v) is 4.55. The zero-order chi connectivity index (χ0) is 15.6. The number of nitrogens with zero attached hydrogens (tertiary/aromatic N) is 1. The SMILES string of the molecule is C/C=C\CCC[C@H]1CC[C@H](CC[C@H]2CC[C@H](C#N)CC2)CC1. The summed E-state index contributed by atoms with van der Waals surface area (Å²) in [7, 11) is 0. The maximum Gasteiger partial charge on any atom is 0.0655 e. The first-order valence-corrected chi connectivity index (χ1v) is 9.82. The molecular weight excluding hydrogens is 266 g/mol. The molecule has 0 aromatic heterocycles. The van der Waals surface area contributed by atoms with Crippen molar-refractivity contribution in [1.82, 2.24) is 0 Å². The molecule has 124 valence electrons. The largest absolute Gasteiger partial charge is 0.198 e. The summed E-state index contributed by atoms with van der Waals surface area (Å²) >= 11 is 0. The van der Waals surface area contributed by atoms with Crippen molar-refractivity contribution in [2.24, 2.45) is 23.7 Å². The summed E-state index contributed by atoms with van der Waals surface area (Å²) in [6.45, 7) is 2.12. The highest BCUT2D eigenvalue weighted by Gasteiger charge is 2.24. The third-order valence-corrected chi connectivity index (χ3v) is 6.20. The van der Waals surface area contributed by atoms with Gasteiger partial charge in [-0.15, -0.1) is 0 Å². The van der Waals surface area contributed by atoms with Crippen LogP contribution in [0.2, 0.25) is 0 Å². The van der Waals surface area contributed by atoms with Crippen LogP contribution in [0.3, 0.4) is 0 Å². The van der Waals surface area contributed by atoms with E-state index in [1.54, 1.807) is 0 Å². The molecule has 0 aliphatic heterocycles. The average Bonchev–Trinajstić information content (AvgIpc) is 2.58. The topological polar surface area (TPSA) is 23.8 Å². The molecule has 0 unspecified atom stereocenters. The number of hydrogen-bond donors (Lipinski definition) is 0. The van der Waals surface area contributed by atoms with Gasteiger partial charge in [-0.2, -0.15) is 5.26 Å². The molecule has 2 saturated carbocycles. The van der Waals surface area contributed by atoms with Gasteiger partial charge in [0.1, 0.15) is 0 Å². The highest BCUT2D eigenvalue weighted by atomic mass is 14.3. The molecule has 0 amide bonds. The van der Waals surface area contributed by atoms with Crippen molar-refractivity contribution >= 4 is 0 Å². The summed E-state index contributed by atoms with van der Waals surface area (Å²) in [6, 6.07) is 2.46. The van der Waals surface area contributed by atoms with Gasteiger partial charge in [0.05, 0.1) is 6.07 Å². The highest BCUT2D eigenvalue weighted by Crippen LogP contribution is 2.37. The fraction of sp³-hybridized carbons (Fsp3) is 0.857. The van der Waals surface area contributed by atoms with Gasteiger partial charge in [-0.1, -0.05) is 57.1 Å². The van der Waals surface area contributed by atoms with Crippen LogP contribution in [0.1, 0.15) is 90.4 Å². The van der Waals surface area contributed by atoms with Gasteiger partial charge < -0.3 is 0 Å². The highest BCUT2D eigenvalue weighted by molar-refractivity contribution is 4.87. The lowest BCUT2D eigenvalue weighted by Gasteiger charge is -2.31. The minimum atomic E-state index is 0.370. The molecule has 2 aliphatic rings. The van der Waals surface area contributed by atoms with Gasteiger partial charge in [-0.3, -0.25) is 0 Å². The standard InChI is InChI=1S/C21H35N/c1-2-3-4-5-6-18-7-9-19(10-8-18)11-12-20-13-15-21(17-22)16-14-20/h2-3,18-21H,4-16H2,1H3/b3-2-/t18-,19-,20-,21-. The predicted molar refractivity (Wildman–Crippen MR) is 94.4 cm³/mol. The van der Waals surface area contributed by atoms with Gasteiger partial charge in [0.2, 0.25) is 0 Å². The van der Waals surface area contributed by atoms with Gasteiger partial charge in [0.15, 0.2) is 0 Å². The van der Waals surface area contributed by atoms with E-state index < -0.39 is 0 Å². The quantitative estimate of drug-likeness (QED) is 0.381. The first-order chi connectivity index (χ1) is 10.8. The van der Waals surface area contributed by atoms with E-state index in [-0.39, 0.29) is 0 Å². The van der Waals surface area contributed by atoms with Crippen molar-refractivity contribution in [1.29, 1.82) is 5.26 Å². The van der Waals surface area contributed by atoms with Crippen molar-refractivity contribution in [2.45, 2.75) is 90.4 Å². The van der Waals surface area contributed by atoms with Gasteiger partial charge >= 0.3 is 0 Å². The Kier molecular flexibility index (Phi) is 8.06. The van der Waals surface area contributed by atoms with Crippen LogP contribution >= 0.6 is 0 Å². The Morgan fingerprint density at radius 1 is 0.818 bits per heavy atom. The van der Waals surface area contributed by atoms with Crippen LogP contribution in [0.5, 0.6) is 0 Å². The predicted octanol–water partition coefficient (Wildman–Crippen LogP) is 6.65. The average molecular weight is 302 g/mol. The van der Waals surface area contributed by atoms with Crippen molar-refractivity contribution < 1.29 is 0 Å². The number of allylic oxidation sites excluding steroid dienone is 2. The van der Waals surface area contributed by atoms with Crippen molar-refractivity contribution in [2.75, 3.05) is 0 Å². The molecule has 0 aromatic rings. The molecule has 0 spiro atoms. The molecule has 22 heavy (non-hydrogen) atoms. The summed E-state index contributed by atoms with van der Waals surface area (Å²) < 4.78 is 0. The Balaban J connectivity index is 1.53. The molecule has 0 radical (unpaired) electrons. The van der Waals surface area contributed by atoms with Gasteiger partial charge in [0, 0.05) is 5.92 Å². The maximum atomic E-state index is 8.97. The number of rotatable bonds is 7. The number of nitriles is 1. The number of hydrogen-bond acceptors (Lipinski definition) is 1. The van der Waals surface area contributed by atoms with E-state index in [4.69, 9.17) is 5.26 Å². The van der Waals surface area contributed by atoms with Crippen LogP contribution in [-0.2, 0) is 0 Å². The zero-order valence-corrected chi connectivity index (χ0v) is 14.6. The van der Waals surface area contributed by atoms with E-state index in [9.17, 15) is 0 Å². The molecule has 2 fully saturated rings. The van der Waals surface area contributed by atoms with Crippen molar-refractivity contribution in [3.63, 3.8) is 0 Å². The molecule has 1 nitrogen and oxygen atoms in total. The van der Waals surface area contributed by atoms with Gasteiger partial charge in [-0.25, -0.2) is 0 Å². The lowest BCUT2D eigenvalue weighted by atomic mass is 9.75. The van der Waals surface area contributed by atoms with E-state index in [1.165, 1.54) is 83.5 Å². The van der Waals surface area contributed by atoms with Crippen LogP contribution in [0.4, 0.5) is 0 Å². The molecule has 0 N–H and O–H groups in total. The van der Waals surface area contributed by atoms with Gasteiger partial charge in [-0.05, 0) is 63.2 Å². The summed E-state index contributed by atoms with van der Waals surface area (Å²) in [4.78, 5) is 0. The van der Waals surface area contributed by atoms with E-state index >= 15 is 0 Å². The first kappa shape index (κ1) is 17.6. The smallest absolute Gasteiger partial charge is 0.0655 e. The summed E-state index contributed by atoms with van der Waals surface area (Å²) in [5.74, 6) is 3.34. The lowest BCUT2D eigenvalue weighted by molar-refractivity contribution is 0.221. The Hall–Kier alpha value is -0.770. The van der Waals surface area contributed by atoms with Crippen molar-refractivity contribution in [3.05, 3.63) is 12.2 Å². The second kappa shape index (κ2) is 10.1. The minimum Gasteiger partial charge on any atom is -0.198 e. The third kappa shape index (κ3) is 6.15. The Morgan fingerprint density at radius 3 is 1.82 bits per heavy atom. The second-order valence-corrected chi connectivity index (χ2v) is 7.81.